The fourth-order valence-electron chi connectivity index (χ4n) is 1.59. The van der Waals surface area contributed by atoms with Crippen LogP contribution in [-0.2, 0) is 0 Å². The van der Waals surface area contributed by atoms with Crippen molar-refractivity contribution >= 4 is 34.8 Å². The van der Waals surface area contributed by atoms with E-state index in [0.29, 0.717) is 11.1 Å². The van der Waals surface area contributed by atoms with Gasteiger partial charge in [0.15, 0.2) is 11.6 Å². The first-order chi connectivity index (χ1) is 9.38. The summed E-state index contributed by atoms with van der Waals surface area (Å²) in [6.07, 6.45) is 0. The quantitative estimate of drug-likeness (QED) is 0.617. The van der Waals surface area contributed by atoms with Gasteiger partial charge in [0.1, 0.15) is 0 Å². The number of hydrogen-bond acceptors (Lipinski definition) is 1. The van der Waals surface area contributed by atoms with Crippen LogP contribution in [0.15, 0.2) is 30.3 Å². The Labute approximate surface area is 127 Å². The van der Waals surface area contributed by atoms with Gasteiger partial charge in [-0.25, -0.2) is 4.39 Å². The molecule has 0 saturated carbocycles. The van der Waals surface area contributed by atoms with E-state index in [0.717, 1.165) is 12.1 Å². The van der Waals surface area contributed by atoms with Crippen LogP contribution in [0.3, 0.4) is 0 Å². The van der Waals surface area contributed by atoms with Crippen LogP contribution in [0.1, 0.15) is 0 Å². The highest BCUT2D eigenvalue weighted by Crippen LogP contribution is 2.36. The second-order valence-electron chi connectivity index (χ2n) is 3.78. The molecule has 1 nitrogen and oxygen atoms in total. The summed E-state index contributed by atoms with van der Waals surface area (Å²) in [7, 11) is 0. The maximum atomic E-state index is 13.3. The first-order valence-electron chi connectivity index (χ1n) is 5.27. The number of alkyl halides is 2. The number of rotatable bonds is 3. The van der Waals surface area contributed by atoms with Gasteiger partial charge in [-0.3, -0.25) is 0 Å². The summed E-state index contributed by atoms with van der Waals surface area (Å²) in [5, 5.41) is 0.591. The van der Waals surface area contributed by atoms with Crippen LogP contribution in [0.5, 0.6) is 5.75 Å². The van der Waals surface area contributed by atoms with E-state index in [4.69, 9.17) is 34.8 Å². The van der Waals surface area contributed by atoms with Gasteiger partial charge in [-0.05, 0) is 35.4 Å². The van der Waals surface area contributed by atoms with Gasteiger partial charge in [0.25, 0.3) is 0 Å². The maximum Gasteiger partial charge on any atom is 0.387 e. The molecule has 20 heavy (non-hydrogen) atoms. The van der Waals surface area contributed by atoms with Crippen LogP contribution in [-0.4, -0.2) is 6.61 Å². The van der Waals surface area contributed by atoms with Crippen molar-refractivity contribution in [3.05, 3.63) is 51.2 Å². The van der Waals surface area contributed by atoms with Gasteiger partial charge in [0, 0.05) is 0 Å². The molecule has 0 fully saturated rings. The molecule has 0 N–H and O–H groups in total. The summed E-state index contributed by atoms with van der Waals surface area (Å²) in [4.78, 5) is 0. The Hall–Kier alpha value is -1.10. The van der Waals surface area contributed by atoms with E-state index in [1.165, 1.54) is 18.2 Å². The Morgan fingerprint density at radius 1 is 0.900 bits per heavy atom. The van der Waals surface area contributed by atoms with Crippen molar-refractivity contribution < 1.29 is 17.9 Å². The van der Waals surface area contributed by atoms with Crippen molar-refractivity contribution in [2.24, 2.45) is 0 Å². The first-order valence-corrected chi connectivity index (χ1v) is 6.41. The zero-order valence-electron chi connectivity index (χ0n) is 9.64. The minimum absolute atomic E-state index is 0.184. The summed E-state index contributed by atoms with van der Waals surface area (Å²) < 4.78 is 41.8. The van der Waals surface area contributed by atoms with E-state index in [1.54, 1.807) is 0 Å². The third-order valence-corrected chi connectivity index (χ3v) is 3.66. The maximum absolute atomic E-state index is 13.3. The standard InChI is InChI=1S/C13H6Cl3F3O/c14-8-3-7(4-9(15)12(8)16)6-1-2-10(17)11(5-6)20-13(18)19/h1-5,13H. The van der Waals surface area contributed by atoms with Gasteiger partial charge in [-0.1, -0.05) is 40.9 Å². The molecular formula is C13H6Cl3F3O. The van der Waals surface area contributed by atoms with Crippen molar-refractivity contribution in [1.82, 2.24) is 0 Å². The van der Waals surface area contributed by atoms with E-state index in [1.807, 2.05) is 0 Å². The Morgan fingerprint density at radius 2 is 1.50 bits per heavy atom. The molecule has 0 aliphatic heterocycles. The van der Waals surface area contributed by atoms with E-state index in [2.05, 4.69) is 4.74 Å². The van der Waals surface area contributed by atoms with Gasteiger partial charge in [0.2, 0.25) is 0 Å². The summed E-state index contributed by atoms with van der Waals surface area (Å²) in [5.41, 5.74) is 0.922. The lowest BCUT2D eigenvalue weighted by molar-refractivity contribution is -0.0521. The minimum Gasteiger partial charge on any atom is -0.432 e. The summed E-state index contributed by atoms with van der Waals surface area (Å²) in [6, 6.07) is 6.54. The van der Waals surface area contributed by atoms with Crippen LogP contribution < -0.4 is 4.74 Å². The molecule has 0 aromatic heterocycles. The molecule has 0 unspecified atom stereocenters. The smallest absolute Gasteiger partial charge is 0.387 e. The monoisotopic (exact) mass is 340 g/mol. The van der Waals surface area contributed by atoms with Gasteiger partial charge in [-0.2, -0.15) is 8.78 Å². The van der Waals surface area contributed by atoms with E-state index in [-0.39, 0.29) is 15.1 Å². The normalized spacial score (nSPS) is 10.9. The molecule has 2 aromatic rings. The first kappa shape index (κ1) is 15.3. The lowest BCUT2D eigenvalue weighted by Crippen LogP contribution is -2.03. The minimum atomic E-state index is -3.11. The lowest BCUT2D eigenvalue weighted by Gasteiger charge is -2.09. The van der Waals surface area contributed by atoms with Crippen molar-refractivity contribution in [1.29, 1.82) is 0 Å². The topological polar surface area (TPSA) is 9.23 Å². The lowest BCUT2D eigenvalue weighted by atomic mass is 10.1. The zero-order chi connectivity index (χ0) is 14.9. The summed E-state index contributed by atoms with van der Waals surface area (Å²) in [6.45, 7) is -3.11. The van der Waals surface area contributed by atoms with Crippen LogP contribution in [0, 0.1) is 5.82 Å². The predicted molar refractivity (Wildman–Crippen MR) is 73.5 cm³/mol. The Balaban J connectivity index is 2.48. The molecular weight excluding hydrogens is 335 g/mol. The van der Waals surface area contributed by atoms with Gasteiger partial charge < -0.3 is 4.74 Å². The Kier molecular flexibility index (Phi) is 4.68. The largest absolute Gasteiger partial charge is 0.432 e. The van der Waals surface area contributed by atoms with E-state index >= 15 is 0 Å². The van der Waals surface area contributed by atoms with Crippen LogP contribution in [0.2, 0.25) is 15.1 Å². The molecule has 0 aliphatic rings. The molecule has 0 radical (unpaired) electrons. The highest BCUT2D eigenvalue weighted by atomic mass is 35.5. The molecule has 0 heterocycles. The van der Waals surface area contributed by atoms with Crippen LogP contribution in [0.25, 0.3) is 11.1 Å². The molecule has 0 amide bonds. The summed E-state index contributed by atoms with van der Waals surface area (Å²) >= 11 is 17.6. The average molecular weight is 342 g/mol. The molecule has 0 bridgehead atoms. The molecule has 0 saturated heterocycles. The van der Waals surface area contributed by atoms with Crippen molar-refractivity contribution in [2.45, 2.75) is 6.61 Å². The summed E-state index contributed by atoms with van der Waals surface area (Å²) in [5.74, 6) is -1.44. The van der Waals surface area contributed by atoms with E-state index < -0.39 is 18.2 Å². The van der Waals surface area contributed by atoms with Gasteiger partial charge in [-0.15, -0.1) is 0 Å². The molecule has 106 valence electrons. The van der Waals surface area contributed by atoms with Crippen LogP contribution >= 0.6 is 34.8 Å². The van der Waals surface area contributed by atoms with Crippen molar-refractivity contribution in [2.75, 3.05) is 0 Å². The number of halogens is 6. The third kappa shape index (κ3) is 3.32. The SMILES string of the molecule is Fc1ccc(-c2cc(Cl)c(Cl)c(Cl)c2)cc1OC(F)F. The number of hydrogen-bond donors (Lipinski definition) is 0. The highest BCUT2D eigenvalue weighted by Gasteiger charge is 2.13. The Morgan fingerprint density at radius 3 is 2.05 bits per heavy atom. The molecule has 0 atom stereocenters. The molecule has 7 heteroatoms. The number of benzene rings is 2. The molecule has 2 rings (SSSR count). The fourth-order valence-corrected chi connectivity index (χ4v) is 2.19. The molecule has 0 aliphatic carbocycles. The predicted octanol–water partition coefficient (Wildman–Crippen LogP) is 6.05. The van der Waals surface area contributed by atoms with Crippen molar-refractivity contribution in [3.8, 4) is 16.9 Å². The Bertz CT molecular complexity index is 624. The van der Waals surface area contributed by atoms with Gasteiger partial charge >= 0.3 is 6.61 Å². The third-order valence-electron chi connectivity index (χ3n) is 2.46. The fraction of sp³-hybridized carbons (Fsp3) is 0.0769. The second kappa shape index (κ2) is 6.12. The second-order valence-corrected chi connectivity index (χ2v) is 4.97. The average Bonchev–Trinajstić information content (AvgIpc) is 2.37. The van der Waals surface area contributed by atoms with Gasteiger partial charge in [0.05, 0.1) is 15.1 Å². The zero-order valence-corrected chi connectivity index (χ0v) is 11.9. The number of ether oxygens (including phenoxy) is 1. The molecule has 2 aromatic carbocycles. The van der Waals surface area contributed by atoms with E-state index in [9.17, 15) is 13.2 Å². The van der Waals surface area contributed by atoms with Crippen molar-refractivity contribution in [3.63, 3.8) is 0 Å². The van der Waals surface area contributed by atoms with Crippen LogP contribution in [0.4, 0.5) is 13.2 Å². The molecule has 0 spiro atoms. The highest BCUT2D eigenvalue weighted by molar-refractivity contribution is 6.48.